The van der Waals surface area contributed by atoms with Crippen molar-refractivity contribution in [3.63, 3.8) is 0 Å². The summed E-state index contributed by atoms with van der Waals surface area (Å²) in [6.07, 6.45) is 3.15. The van der Waals surface area contributed by atoms with E-state index in [1.165, 1.54) is 5.56 Å². The molecule has 3 heterocycles. The third-order valence-electron chi connectivity index (χ3n) is 5.83. The molecule has 2 aromatic heterocycles. The predicted octanol–water partition coefficient (Wildman–Crippen LogP) is 4.88. The summed E-state index contributed by atoms with van der Waals surface area (Å²) in [7, 11) is 0. The van der Waals surface area contributed by atoms with Crippen LogP contribution in [-0.2, 0) is 17.6 Å². The number of benzene rings is 1. The minimum atomic E-state index is 0.131. The normalized spacial score (nSPS) is 16.6. The molecule has 3 aromatic rings. The molecular formula is C24H26ClN3O2. The third-order valence-corrected chi connectivity index (χ3v) is 6.08. The lowest BCUT2D eigenvalue weighted by Crippen LogP contribution is -2.40. The fourth-order valence-corrected chi connectivity index (χ4v) is 4.22. The number of carbonyl (C=O) groups excluding carboxylic acids is 1. The highest BCUT2D eigenvalue weighted by Crippen LogP contribution is 2.27. The molecular weight excluding hydrogens is 398 g/mol. The van der Waals surface area contributed by atoms with Crippen molar-refractivity contribution in [3.05, 3.63) is 81.5 Å². The molecule has 30 heavy (non-hydrogen) atoms. The van der Waals surface area contributed by atoms with Gasteiger partial charge in [0, 0.05) is 47.4 Å². The molecule has 0 spiro atoms. The summed E-state index contributed by atoms with van der Waals surface area (Å²) in [5.74, 6) is 1.12. The van der Waals surface area contributed by atoms with E-state index in [-0.39, 0.29) is 11.8 Å². The van der Waals surface area contributed by atoms with Crippen LogP contribution in [0.2, 0.25) is 5.02 Å². The van der Waals surface area contributed by atoms with Gasteiger partial charge in [0.2, 0.25) is 5.91 Å². The molecule has 1 fully saturated rings. The van der Waals surface area contributed by atoms with Gasteiger partial charge in [-0.2, -0.15) is 0 Å². The molecule has 1 aliphatic heterocycles. The number of aryl methyl sites for hydroxylation is 2. The van der Waals surface area contributed by atoms with Crippen molar-refractivity contribution in [2.24, 2.45) is 0 Å². The molecule has 0 N–H and O–H groups in total. The van der Waals surface area contributed by atoms with Gasteiger partial charge in [-0.1, -0.05) is 35.0 Å². The first-order chi connectivity index (χ1) is 14.5. The first-order valence-electron chi connectivity index (χ1n) is 10.4. The van der Waals surface area contributed by atoms with E-state index in [1.54, 1.807) is 0 Å². The highest BCUT2D eigenvalue weighted by Gasteiger charge is 2.27. The molecule has 1 aliphatic rings. The lowest BCUT2D eigenvalue weighted by molar-refractivity contribution is -0.131. The lowest BCUT2D eigenvalue weighted by atomic mass is 9.93. The molecule has 156 valence electrons. The average Bonchev–Trinajstić information content (AvgIpc) is 3.08. The molecule has 4 rings (SSSR count). The molecule has 0 unspecified atom stereocenters. The van der Waals surface area contributed by atoms with Crippen LogP contribution in [0.1, 0.15) is 52.7 Å². The molecule has 1 atom stereocenters. The van der Waals surface area contributed by atoms with Crippen molar-refractivity contribution in [2.45, 2.75) is 45.4 Å². The highest BCUT2D eigenvalue weighted by molar-refractivity contribution is 6.30. The number of halogens is 1. The Labute approximate surface area is 182 Å². The maximum absolute atomic E-state index is 12.9. The first-order valence-corrected chi connectivity index (χ1v) is 10.8. The van der Waals surface area contributed by atoms with E-state index in [9.17, 15) is 4.79 Å². The van der Waals surface area contributed by atoms with E-state index in [2.05, 4.69) is 23.4 Å². The maximum Gasteiger partial charge on any atom is 0.227 e. The predicted molar refractivity (Wildman–Crippen MR) is 117 cm³/mol. The maximum atomic E-state index is 12.9. The van der Waals surface area contributed by atoms with Crippen LogP contribution in [-0.4, -0.2) is 34.0 Å². The lowest BCUT2D eigenvalue weighted by Gasteiger charge is -2.32. The number of hydrogen-bond acceptors (Lipinski definition) is 4. The van der Waals surface area contributed by atoms with E-state index >= 15 is 0 Å². The minimum Gasteiger partial charge on any atom is -0.361 e. The fraction of sp³-hybridized carbons (Fsp3) is 0.375. The molecule has 0 bridgehead atoms. The van der Waals surface area contributed by atoms with Gasteiger partial charge < -0.3 is 9.42 Å². The monoisotopic (exact) mass is 423 g/mol. The molecule has 1 amide bonds. The number of amides is 1. The molecule has 5 nitrogen and oxygen atoms in total. The van der Waals surface area contributed by atoms with Crippen LogP contribution in [0.5, 0.6) is 0 Å². The van der Waals surface area contributed by atoms with Gasteiger partial charge in [-0.15, -0.1) is 0 Å². The van der Waals surface area contributed by atoms with E-state index < -0.39 is 0 Å². The number of carbonyl (C=O) groups is 1. The molecule has 6 heteroatoms. The van der Waals surface area contributed by atoms with Gasteiger partial charge in [-0.25, -0.2) is 0 Å². The number of rotatable bonds is 5. The second kappa shape index (κ2) is 9.00. The Balaban J connectivity index is 1.44. The van der Waals surface area contributed by atoms with Gasteiger partial charge in [0.1, 0.15) is 5.76 Å². The Bertz CT molecular complexity index is 1010. The van der Waals surface area contributed by atoms with E-state index in [1.807, 2.05) is 43.0 Å². The Morgan fingerprint density at radius 3 is 2.73 bits per heavy atom. The van der Waals surface area contributed by atoms with Gasteiger partial charge in [0.15, 0.2) is 0 Å². The topological polar surface area (TPSA) is 59.2 Å². The zero-order chi connectivity index (χ0) is 21.1. The van der Waals surface area contributed by atoms with Crippen molar-refractivity contribution >= 4 is 17.5 Å². The van der Waals surface area contributed by atoms with E-state index in [0.717, 1.165) is 59.2 Å². The van der Waals surface area contributed by atoms with Crippen molar-refractivity contribution in [3.8, 4) is 0 Å². The van der Waals surface area contributed by atoms with Crippen LogP contribution in [0.3, 0.4) is 0 Å². The molecule has 0 saturated carbocycles. The minimum absolute atomic E-state index is 0.131. The van der Waals surface area contributed by atoms with Gasteiger partial charge in [0.05, 0.1) is 12.1 Å². The number of piperidine rings is 1. The largest absolute Gasteiger partial charge is 0.361 e. The number of likely N-dealkylation sites (tertiary alicyclic amines) is 1. The first kappa shape index (κ1) is 20.6. The van der Waals surface area contributed by atoms with Crippen LogP contribution in [0.15, 0.2) is 47.0 Å². The zero-order valence-electron chi connectivity index (χ0n) is 17.4. The van der Waals surface area contributed by atoms with Gasteiger partial charge in [-0.3, -0.25) is 9.78 Å². The Hall–Kier alpha value is -2.66. The fourth-order valence-electron chi connectivity index (χ4n) is 4.10. The van der Waals surface area contributed by atoms with E-state index in [4.69, 9.17) is 21.1 Å². The van der Waals surface area contributed by atoms with E-state index in [0.29, 0.717) is 13.0 Å². The summed E-state index contributed by atoms with van der Waals surface area (Å²) in [6, 6.07) is 14.1. The third kappa shape index (κ3) is 4.73. The summed E-state index contributed by atoms with van der Waals surface area (Å²) >= 11 is 5.99. The number of aromatic nitrogens is 2. The number of nitrogens with zero attached hydrogens (tertiary/aromatic N) is 3. The highest BCUT2D eigenvalue weighted by atomic mass is 35.5. The quantitative estimate of drug-likeness (QED) is 0.586. The Morgan fingerprint density at radius 1 is 1.20 bits per heavy atom. The van der Waals surface area contributed by atoms with Crippen molar-refractivity contribution < 1.29 is 9.32 Å². The second-order valence-electron chi connectivity index (χ2n) is 8.02. The smallest absolute Gasteiger partial charge is 0.227 e. The molecule has 1 saturated heterocycles. The van der Waals surface area contributed by atoms with Crippen LogP contribution >= 0.6 is 11.6 Å². The van der Waals surface area contributed by atoms with Crippen LogP contribution in [0, 0.1) is 13.8 Å². The number of hydrogen-bond donors (Lipinski definition) is 0. The summed E-state index contributed by atoms with van der Waals surface area (Å²) in [5.41, 5.74) is 4.99. The van der Waals surface area contributed by atoms with Crippen molar-refractivity contribution in [1.82, 2.24) is 15.0 Å². The van der Waals surface area contributed by atoms with Gasteiger partial charge in [-0.05, 0) is 56.5 Å². The van der Waals surface area contributed by atoms with Crippen LogP contribution in [0.4, 0.5) is 0 Å². The average molecular weight is 424 g/mol. The summed E-state index contributed by atoms with van der Waals surface area (Å²) in [4.78, 5) is 19.8. The van der Waals surface area contributed by atoms with Crippen LogP contribution < -0.4 is 0 Å². The van der Waals surface area contributed by atoms with Crippen molar-refractivity contribution in [1.29, 1.82) is 0 Å². The van der Waals surface area contributed by atoms with Crippen molar-refractivity contribution in [2.75, 3.05) is 13.1 Å². The summed E-state index contributed by atoms with van der Waals surface area (Å²) in [6.45, 7) is 5.24. The molecule has 0 aliphatic carbocycles. The Morgan fingerprint density at radius 2 is 2.00 bits per heavy atom. The number of pyridine rings is 1. The standard InChI is InChI=1S/C24H26ClN3O2/c1-16-22(17(2)30-27-16)14-24(29)28-12-4-5-19(15-28)23-7-3-6-21(26-23)13-18-8-10-20(25)11-9-18/h3,6-11,19H,4-5,12-15H2,1-2H3/t19-/m1/s1. The van der Waals surface area contributed by atoms with Gasteiger partial charge >= 0.3 is 0 Å². The zero-order valence-corrected chi connectivity index (χ0v) is 18.2. The molecule has 0 radical (unpaired) electrons. The Kier molecular flexibility index (Phi) is 6.18. The SMILES string of the molecule is Cc1noc(C)c1CC(=O)N1CCC[C@@H](c2cccc(Cc3ccc(Cl)cc3)n2)C1. The molecule has 1 aromatic carbocycles. The summed E-state index contributed by atoms with van der Waals surface area (Å²) in [5, 5.41) is 4.70. The summed E-state index contributed by atoms with van der Waals surface area (Å²) < 4.78 is 5.20. The van der Waals surface area contributed by atoms with Gasteiger partial charge in [0.25, 0.3) is 0 Å². The van der Waals surface area contributed by atoms with Crippen LogP contribution in [0.25, 0.3) is 0 Å². The second-order valence-corrected chi connectivity index (χ2v) is 8.45.